The van der Waals surface area contributed by atoms with Crippen molar-refractivity contribution in [1.29, 1.82) is 0 Å². The lowest BCUT2D eigenvalue weighted by Gasteiger charge is -2.18. The minimum Gasteiger partial charge on any atom is -0.346 e. The molecule has 2 aromatic carbocycles. The van der Waals surface area contributed by atoms with Crippen molar-refractivity contribution in [2.45, 2.75) is 31.8 Å². The molecule has 1 heterocycles. The van der Waals surface area contributed by atoms with E-state index in [2.05, 4.69) is 16.3 Å². The number of carbonyl (C=O) groups is 1. The Hall–Kier alpha value is -3.48. The van der Waals surface area contributed by atoms with Crippen LogP contribution >= 0.6 is 0 Å². The number of fused-ring (bicyclic) bond motifs is 1. The van der Waals surface area contributed by atoms with Crippen LogP contribution in [0.5, 0.6) is 0 Å². The first-order valence-corrected chi connectivity index (χ1v) is 11.6. The molecule has 0 aliphatic rings. The molecule has 0 unspecified atom stereocenters. The van der Waals surface area contributed by atoms with Gasteiger partial charge in [-0.1, -0.05) is 38.0 Å². The molecule has 0 saturated carbocycles. The molecule has 32 heavy (non-hydrogen) atoms. The molecule has 8 nitrogen and oxygen atoms in total. The highest BCUT2D eigenvalue weighted by Gasteiger charge is 2.21. The van der Waals surface area contributed by atoms with Crippen molar-refractivity contribution in [2.75, 3.05) is 13.1 Å². The van der Waals surface area contributed by atoms with E-state index in [9.17, 15) is 18.0 Å². The van der Waals surface area contributed by atoms with E-state index < -0.39 is 15.9 Å². The Morgan fingerprint density at radius 3 is 2.31 bits per heavy atom. The number of amides is 1. The predicted molar refractivity (Wildman–Crippen MR) is 123 cm³/mol. The molecule has 0 spiro atoms. The molecule has 3 rings (SSSR count). The van der Waals surface area contributed by atoms with E-state index in [0.29, 0.717) is 35.1 Å². The predicted octanol–water partition coefficient (Wildman–Crippen LogP) is 1.99. The maximum Gasteiger partial charge on any atom is 0.275 e. The van der Waals surface area contributed by atoms with E-state index in [1.165, 1.54) is 33.3 Å². The summed E-state index contributed by atoms with van der Waals surface area (Å²) in [7, 11) is -3.59. The van der Waals surface area contributed by atoms with Crippen LogP contribution in [0.3, 0.4) is 0 Å². The van der Waals surface area contributed by atoms with E-state index >= 15 is 0 Å². The number of rotatable bonds is 8. The SMILES string of the molecule is C#CCn1nc(CNC(=O)c2ccc(S(=O)(=O)N(CC)CC)cc2)c2ccccc2c1=O. The van der Waals surface area contributed by atoms with Crippen LogP contribution in [-0.4, -0.2) is 41.5 Å². The monoisotopic (exact) mass is 452 g/mol. The summed E-state index contributed by atoms with van der Waals surface area (Å²) >= 11 is 0. The van der Waals surface area contributed by atoms with Gasteiger partial charge in [0.1, 0.15) is 6.54 Å². The molecule has 1 amide bonds. The van der Waals surface area contributed by atoms with Crippen LogP contribution in [-0.2, 0) is 23.1 Å². The second-order valence-electron chi connectivity index (χ2n) is 6.96. The summed E-state index contributed by atoms with van der Waals surface area (Å²) in [6.07, 6.45) is 5.34. The minimum absolute atomic E-state index is 0.0209. The van der Waals surface area contributed by atoms with Gasteiger partial charge in [0.2, 0.25) is 10.0 Å². The largest absolute Gasteiger partial charge is 0.346 e. The van der Waals surface area contributed by atoms with Crippen molar-refractivity contribution < 1.29 is 13.2 Å². The molecule has 1 N–H and O–H groups in total. The summed E-state index contributed by atoms with van der Waals surface area (Å²) in [4.78, 5) is 25.3. The lowest BCUT2D eigenvalue weighted by atomic mass is 10.1. The molecule has 166 valence electrons. The van der Waals surface area contributed by atoms with Gasteiger partial charge in [-0.3, -0.25) is 9.59 Å². The lowest BCUT2D eigenvalue weighted by molar-refractivity contribution is 0.0950. The zero-order chi connectivity index (χ0) is 23.3. The number of carbonyl (C=O) groups excluding carboxylic acids is 1. The molecule has 0 aliphatic carbocycles. The first-order valence-electron chi connectivity index (χ1n) is 10.1. The molecule has 0 atom stereocenters. The molecule has 3 aromatic rings. The summed E-state index contributed by atoms with van der Waals surface area (Å²) < 4.78 is 27.7. The average molecular weight is 453 g/mol. The van der Waals surface area contributed by atoms with Crippen molar-refractivity contribution in [1.82, 2.24) is 19.4 Å². The van der Waals surface area contributed by atoms with Gasteiger partial charge in [0.15, 0.2) is 0 Å². The highest BCUT2D eigenvalue weighted by atomic mass is 32.2. The smallest absolute Gasteiger partial charge is 0.275 e. The van der Waals surface area contributed by atoms with E-state index in [1.54, 1.807) is 38.1 Å². The van der Waals surface area contributed by atoms with Crippen molar-refractivity contribution in [3.63, 3.8) is 0 Å². The summed E-state index contributed by atoms with van der Waals surface area (Å²) in [5.41, 5.74) is 0.521. The quantitative estimate of drug-likeness (QED) is 0.527. The van der Waals surface area contributed by atoms with Crippen molar-refractivity contribution in [3.8, 4) is 12.3 Å². The molecule has 0 saturated heterocycles. The first kappa shape index (κ1) is 23.2. The van der Waals surface area contributed by atoms with Crippen LogP contribution in [0.2, 0.25) is 0 Å². The maximum absolute atomic E-state index is 12.6. The van der Waals surface area contributed by atoms with Gasteiger partial charge in [-0.25, -0.2) is 13.1 Å². The van der Waals surface area contributed by atoms with Crippen LogP contribution in [0.25, 0.3) is 10.8 Å². The highest BCUT2D eigenvalue weighted by molar-refractivity contribution is 7.89. The molecule has 0 fully saturated rings. The highest BCUT2D eigenvalue weighted by Crippen LogP contribution is 2.17. The van der Waals surface area contributed by atoms with Crippen LogP contribution in [0.1, 0.15) is 29.9 Å². The van der Waals surface area contributed by atoms with Gasteiger partial charge in [-0.15, -0.1) is 6.42 Å². The van der Waals surface area contributed by atoms with Crippen molar-refractivity contribution in [2.24, 2.45) is 0 Å². The molecule has 0 aliphatic heterocycles. The zero-order valence-electron chi connectivity index (χ0n) is 17.9. The number of nitrogens with one attached hydrogen (secondary N) is 1. The fourth-order valence-electron chi connectivity index (χ4n) is 3.39. The van der Waals surface area contributed by atoms with E-state index in [4.69, 9.17) is 6.42 Å². The Bertz CT molecular complexity index is 1340. The van der Waals surface area contributed by atoms with Crippen LogP contribution in [0, 0.1) is 12.3 Å². The number of terminal acetylenes is 1. The van der Waals surface area contributed by atoms with Crippen LogP contribution < -0.4 is 10.9 Å². The van der Waals surface area contributed by atoms with Gasteiger partial charge in [0, 0.05) is 24.0 Å². The molecular weight excluding hydrogens is 428 g/mol. The third-order valence-electron chi connectivity index (χ3n) is 5.06. The van der Waals surface area contributed by atoms with E-state index in [1.807, 2.05) is 0 Å². The van der Waals surface area contributed by atoms with Gasteiger partial charge in [0.25, 0.3) is 11.5 Å². The topological polar surface area (TPSA) is 101 Å². The minimum atomic E-state index is -3.59. The lowest BCUT2D eigenvalue weighted by Crippen LogP contribution is -2.30. The summed E-state index contributed by atoms with van der Waals surface area (Å²) in [6.45, 7) is 4.37. The molecular formula is C23H24N4O4S. The normalized spacial score (nSPS) is 11.4. The number of sulfonamides is 1. The standard InChI is InChI=1S/C23H24N4O4S/c1-4-15-27-23(29)20-10-8-7-9-19(20)21(25-27)16-24-22(28)17-11-13-18(14-12-17)32(30,31)26(5-2)6-3/h1,7-14H,5-6,15-16H2,2-3H3,(H,24,28). The Kier molecular flexibility index (Phi) is 7.08. The van der Waals surface area contributed by atoms with Crippen molar-refractivity contribution in [3.05, 3.63) is 70.1 Å². The van der Waals surface area contributed by atoms with Gasteiger partial charge in [-0.05, 0) is 30.3 Å². The van der Waals surface area contributed by atoms with Gasteiger partial charge in [-0.2, -0.15) is 9.40 Å². The fraction of sp³-hybridized carbons (Fsp3) is 0.261. The summed E-state index contributed by atoms with van der Waals surface area (Å²) in [6, 6.07) is 12.8. The average Bonchev–Trinajstić information content (AvgIpc) is 2.80. The van der Waals surface area contributed by atoms with Gasteiger partial charge in [0.05, 0.1) is 22.5 Å². The Labute approximate surface area is 186 Å². The number of hydrogen-bond acceptors (Lipinski definition) is 5. The zero-order valence-corrected chi connectivity index (χ0v) is 18.7. The number of benzene rings is 2. The number of hydrogen-bond donors (Lipinski definition) is 1. The number of aromatic nitrogens is 2. The second-order valence-corrected chi connectivity index (χ2v) is 8.89. The van der Waals surface area contributed by atoms with E-state index in [0.717, 1.165) is 0 Å². The third-order valence-corrected chi connectivity index (χ3v) is 7.13. The molecule has 0 bridgehead atoms. The van der Waals surface area contributed by atoms with Gasteiger partial charge >= 0.3 is 0 Å². The Balaban J connectivity index is 1.82. The summed E-state index contributed by atoms with van der Waals surface area (Å²) in [5.74, 6) is 2.01. The fourth-order valence-corrected chi connectivity index (χ4v) is 4.84. The molecule has 0 radical (unpaired) electrons. The summed E-state index contributed by atoms with van der Waals surface area (Å²) in [5, 5.41) is 8.17. The molecule has 9 heteroatoms. The first-order chi connectivity index (χ1) is 15.3. The third kappa shape index (κ3) is 4.56. The Morgan fingerprint density at radius 1 is 1.09 bits per heavy atom. The maximum atomic E-state index is 12.6. The van der Waals surface area contributed by atoms with Gasteiger partial charge < -0.3 is 5.32 Å². The van der Waals surface area contributed by atoms with Crippen LogP contribution in [0.4, 0.5) is 0 Å². The molecule has 1 aromatic heterocycles. The Morgan fingerprint density at radius 2 is 1.72 bits per heavy atom. The number of nitrogens with zero attached hydrogens (tertiary/aromatic N) is 3. The van der Waals surface area contributed by atoms with Crippen LogP contribution in [0.15, 0.2) is 58.2 Å². The van der Waals surface area contributed by atoms with E-state index in [-0.39, 0.29) is 23.5 Å². The van der Waals surface area contributed by atoms with Crippen molar-refractivity contribution >= 4 is 26.7 Å². The second kappa shape index (κ2) is 9.77.